The van der Waals surface area contributed by atoms with E-state index in [4.69, 9.17) is 0 Å². The van der Waals surface area contributed by atoms with Crippen LogP contribution in [0.3, 0.4) is 0 Å². The van der Waals surface area contributed by atoms with Crippen LogP contribution < -0.4 is 0 Å². The Morgan fingerprint density at radius 2 is 1.81 bits per heavy atom. The molecule has 1 aromatic heterocycles. The highest BCUT2D eigenvalue weighted by Crippen LogP contribution is 2.16. The highest BCUT2D eigenvalue weighted by atomic mass is 16.2. The number of para-hydroxylation sites is 2. The lowest BCUT2D eigenvalue weighted by Gasteiger charge is -2.34. The van der Waals surface area contributed by atoms with Crippen molar-refractivity contribution in [1.29, 1.82) is 0 Å². The Morgan fingerprint density at radius 1 is 1.19 bits per heavy atom. The molecule has 0 aliphatic rings. The van der Waals surface area contributed by atoms with E-state index in [9.17, 15) is 4.79 Å². The molecule has 2 unspecified atom stereocenters. The largest absolute Gasteiger partial charge is 0.336 e. The first-order chi connectivity index (χ1) is 10.1. The van der Waals surface area contributed by atoms with Crippen LogP contribution in [0.4, 0.5) is 0 Å². The van der Waals surface area contributed by atoms with E-state index in [0.29, 0.717) is 6.54 Å². The second-order valence-electron chi connectivity index (χ2n) is 5.68. The summed E-state index contributed by atoms with van der Waals surface area (Å²) in [6.07, 6.45) is 3.70. The van der Waals surface area contributed by atoms with E-state index in [1.54, 1.807) is 6.33 Å². The van der Waals surface area contributed by atoms with Crippen molar-refractivity contribution in [1.82, 2.24) is 14.5 Å². The second kappa shape index (κ2) is 6.74. The highest BCUT2D eigenvalue weighted by molar-refractivity contribution is 5.80. The molecule has 0 bridgehead atoms. The summed E-state index contributed by atoms with van der Waals surface area (Å²) in [7, 11) is 0. The van der Waals surface area contributed by atoms with E-state index < -0.39 is 0 Å². The number of nitrogens with zero attached hydrogens (tertiary/aromatic N) is 3. The lowest BCUT2D eigenvalue weighted by atomic mass is 10.1. The zero-order valence-electron chi connectivity index (χ0n) is 13.4. The summed E-state index contributed by atoms with van der Waals surface area (Å²) in [5, 5.41) is 0. The topological polar surface area (TPSA) is 38.1 Å². The fourth-order valence-corrected chi connectivity index (χ4v) is 2.68. The Labute approximate surface area is 126 Å². The van der Waals surface area contributed by atoms with E-state index >= 15 is 0 Å². The molecule has 4 heteroatoms. The molecule has 21 heavy (non-hydrogen) atoms. The van der Waals surface area contributed by atoms with Gasteiger partial charge in [-0.2, -0.15) is 0 Å². The van der Waals surface area contributed by atoms with Crippen LogP contribution in [-0.2, 0) is 11.3 Å². The summed E-state index contributed by atoms with van der Waals surface area (Å²) in [6.45, 7) is 8.85. The molecule has 0 aliphatic heterocycles. The molecule has 1 amide bonds. The van der Waals surface area contributed by atoms with Gasteiger partial charge in [-0.3, -0.25) is 4.79 Å². The summed E-state index contributed by atoms with van der Waals surface area (Å²) in [4.78, 5) is 19.1. The van der Waals surface area contributed by atoms with Crippen LogP contribution in [0.5, 0.6) is 0 Å². The summed E-state index contributed by atoms with van der Waals surface area (Å²) in [6, 6.07) is 8.45. The van der Waals surface area contributed by atoms with E-state index in [-0.39, 0.29) is 18.0 Å². The third kappa shape index (κ3) is 3.26. The van der Waals surface area contributed by atoms with Crippen molar-refractivity contribution >= 4 is 16.9 Å². The average molecular weight is 287 g/mol. The lowest BCUT2D eigenvalue weighted by molar-refractivity contribution is -0.136. The standard InChI is InChI=1S/C17H25N3O/c1-5-13(3)20(14(4)6-2)17(21)11-19-12-18-15-9-7-8-10-16(15)19/h7-10,12-14H,5-6,11H2,1-4H3. The molecular weight excluding hydrogens is 262 g/mol. The minimum Gasteiger partial charge on any atom is -0.336 e. The summed E-state index contributed by atoms with van der Waals surface area (Å²) in [5.41, 5.74) is 1.95. The summed E-state index contributed by atoms with van der Waals surface area (Å²) < 4.78 is 1.94. The van der Waals surface area contributed by atoms with Gasteiger partial charge < -0.3 is 9.47 Å². The fourth-order valence-electron chi connectivity index (χ4n) is 2.68. The van der Waals surface area contributed by atoms with Crippen molar-refractivity contribution in [3.63, 3.8) is 0 Å². The van der Waals surface area contributed by atoms with Crippen molar-refractivity contribution < 1.29 is 4.79 Å². The predicted molar refractivity (Wildman–Crippen MR) is 86.1 cm³/mol. The van der Waals surface area contributed by atoms with Crippen molar-refractivity contribution in [3.05, 3.63) is 30.6 Å². The molecule has 1 heterocycles. The number of carbonyl (C=O) groups is 1. The molecule has 114 valence electrons. The number of rotatable bonds is 6. The number of amides is 1. The first-order valence-corrected chi connectivity index (χ1v) is 7.79. The van der Waals surface area contributed by atoms with Crippen LogP contribution >= 0.6 is 0 Å². The number of benzene rings is 1. The van der Waals surface area contributed by atoms with Crippen molar-refractivity contribution in [2.45, 2.75) is 59.2 Å². The van der Waals surface area contributed by atoms with Crippen LogP contribution in [0.25, 0.3) is 11.0 Å². The van der Waals surface area contributed by atoms with Gasteiger partial charge in [-0.05, 0) is 38.8 Å². The van der Waals surface area contributed by atoms with Crippen molar-refractivity contribution in [3.8, 4) is 0 Å². The number of hydrogen-bond donors (Lipinski definition) is 0. The number of aromatic nitrogens is 2. The summed E-state index contributed by atoms with van der Waals surface area (Å²) >= 11 is 0. The molecule has 2 aromatic rings. The van der Waals surface area contributed by atoms with Gasteiger partial charge in [0.1, 0.15) is 6.54 Å². The predicted octanol–water partition coefficient (Wildman–Crippen LogP) is 3.46. The number of hydrogen-bond acceptors (Lipinski definition) is 2. The molecule has 0 aliphatic carbocycles. The monoisotopic (exact) mass is 287 g/mol. The molecule has 4 nitrogen and oxygen atoms in total. The van der Waals surface area contributed by atoms with Crippen LogP contribution in [-0.4, -0.2) is 32.4 Å². The fraction of sp³-hybridized carbons (Fsp3) is 0.529. The van der Waals surface area contributed by atoms with Crippen LogP contribution in [0, 0.1) is 0 Å². The van der Waals surface area contributed by atoms with Crippen molar-refractivity contribution in [2.75, 3.05) is 0 Å². The summed E-state index contributed by atoms with van der Waals surface area (Å²) in [5.74, 6) is 0.168. The molecule has 0 spiro atoms. The molecule has 0 radical (unpaired) electrons. The maximum atomic E-state index is 12.7. The highest BCUT2D eigenvalue weighted by Gasteiger charge is 2.23. The van der Waals surface area contributed by atoms with Gasteiger partial charge in [0.05, 0.1) is 17.4 Å². The van der Waals surface area contributed by atoms with Gasteiger partial charge in [-0.15, -0.1) is 0 Å². The van der Waals surface area contributed by atoms with Gasteiger partial charge in [-0.1, -0.05) is 26.0 Å². The van der Waals surface area contributed by atoms with E-state index in [2.05, 4.69) is 32.7 Å². The second-order valence-corrected chi connectivity index (χ2v) is 5.68. The van der Waals surface area contributed by atoms with Gasteiger partial charge in [0, 0.05) is 12.1 Å². The Kier molecular flexibility index (Phi) is 4.99. The van der Waals surface area contributed by atoms with Gasteiger partial charge in [0.15, 0.2) is 0 Å². The zero-order valence-corrected chi connectivity index (χ0v) is 13.4. The molecule has 1 aromatic carbocycles. The SMILES string of the molecule is CCC(C)N(C(=O)Cn1cnc2ccccc21)C(C)CC. The number of imidazole rings is 1. The molecular formula is C17H25N3O. The Balaban J connectivity index is 2.22. The Morgan fingerprint density at radius 3 is 2.43 bits per heavy atom. The zero-order chi connectivity index (χ0) is 15.4. The molecule has 2 rings (SSSR count). The number of fused-ring (bicyclic) bond motifs is 1. The molecule has 0 N–H and O–H groups in total. The third-order valence-corrected chi connectivity index (χ3v) is 4.25. The van der Waals surface area contributed by atoms with E-state index in [1.165, 1.54) is 0 Å². The smallest absolute Gasteiger partial charge is 0.243 e. The van der Waals surface area contributed by atoms with E-state index in [1.807, 2.05) is 33.7 Å². The molecule has 2 atom stereocenters. The van der Waals surface area contributed by atoms with Gasteiger partial charge in [0.2, 0.25) is 5.91 Å². The Bertz CT molecular complexity index is 595. The Hall–Kier alpha value is -1.84. The number of carbonyl (C=O) groups excluding carboxylic acids is 1. The molecule has 0 saturated heterocycles. The average Bonchev–Trinajstić information content (AvgIpc) is 2.90. The van der Waals surface area contributed by atoms with Gasteiger partial charge in [0.25, 0.3) is 0 Å². The maximum Gasteiger partial charge on any atom is 0.243 e. The van der Waals surface area contributed by atoms with Crippen molar-refractivity contribution in [2.24, 2.45) is 0 Å². The van der Waals surface area contributed by atoms with Crippen LogP contribution in [0.1, 0.15) is 40.5 Å². The third-order valence-electron chi connectivity index (χ3n) is 4.25. The first-order valence-electron chi connectivity index (χ1n) is 7.79. The van der Waals surface area contributed by atoms with Gasteiger partial charge in [-0.25, -0.2) is 4.98 Å². The quantitative estimate of drug-likeness (QED) is 0.816. The minimum atomic E-state index is 0.168. The van der Waals surface area contributed by atoms with Crippen LogP contribution in [0.2, 0.25) is 0 Å². The van der Waals surface area contributed by atoms with E-state index in [0.717, 1.165) is 23.9 Å². The first kappa shape index (κ1) is 15.5. The van der Waals surface area contributed by atoms with Gasteiger partial charge >= 0.3 is 0 Å². The lowest BCUT2D eigenvalue weighted by Crippen LogP contribution is -2.45. The normalized spacial score (nSPS) is 14.1. The molecule has 0 saturated carbocycles. The van der Waals surface area contributed by atoms with Crippen LogP contribution in [0.15, 0.2) is 30.6 Å². The maximum absolute atomic E-state index is 12.7. The molecule has 0 fully saturated rings. The minimum absolute atomic E-state index is 0.168.